The lowest BCUT2D eigenvalue weighted by atomic mass is 9.51. The van der Waals surface area contributed by atoms with Crippen molar-refractivity contribution in [3.8, 4) is 5.75 Å². The molecule has 0 unspecified atom stereocenters. The molecule has 4 nitrogen and oxygen atoms in total. The number of amides is 1. The highest BCUT2D eigenvalue weighted by atomic mass is 35.5. The highest BCUT2D eigenvalue weighted by molar-refractivity contribution is 6.31. The molecule has 3 fully saturated rings. The maximum Gasteiger partial charge on any atom is 0.258 e. The van der Waals surface area contributed by atoms with Gasteiger partial charge in [-0.1, -0.05) is 30.7 Å². The van der Waals surface area contributed by atoms with Gasteiger partial charge in [-0.05, 0) is 110 Å². The Balaban J connectivity index is 1.45. The van der Waals surface area contributed by atoms with Crippen molar-refractivity contribution in [1.82, 2.24) is 4.98 Å². The van der Waals surface area contributed by atoms with Crippen LogP contribution in [-0.4, -0.2) is 24.5 Å². The van der Waals surface area contributed by atoms with Crippen molar-refractivity contribution in [2.45, 2.75) is 64.2 Å². The molecule has 2 bridgehead atoms. The molecule has 0 saturated heterocycles. The number of pyridine rings is 1. The first kappa shape index (κ1) is 25.7. The molecule has 0 radical (unpaired) electrons. The number of methoxy groups -OCH3 is 1. The summed E-state index contributed by atoms with van der Waals surface area (Å²) >= 11 is 6.25. The Labute approximate surface area is 223 Å². The van der Waals surface area contributed by atoms with Gasteiger partial charge >= 0.3 is 0 Å². The molecule has 0 N–H and O–H groups in total. The minimum atomic E-state index is -0.440. The number of aryl methyl sites for hydroxylation is 2. The number of hydrogen-bond donors (Lipinski definition) is 0. The zero-order valence-corrected chi connectivity index (χ0v) is 22.6. The van der Waals surface area contributed by atoms with Gasteiger partial charge in [0.1, 0.15) is 11.6 Å². The SMILES string of the molecule is CCc1cnccc1C(=O)N(CC12CCC(c3ccc(OC)c(C)c3)(CC1)CC2)c1cc(F)cc(Cl)c1. The Bertz CT molecular complexity index is 1280. The van der Waals surface area contributed by atoms with Crippen molar-refractivity contribution >= 4 is 23.2 Å². The molecule has 37 heavy (non-hydrogen) atoms. The van der Waals surface area contributed by atoms with E-state index in [0.29, 0.717) is 24.2 Å². The first-order valence-corrected chi connectivity index (χ1v) is 13.5. The van der Waals surface area contributed by atoms with Crippen molar-refractivity contribution in [1.29, 1.82) is 0 Å². The number of fused-ring (bicyclic) bond motifs is 3. The van der Waals surface area contributed by atoms with E-state index in [4.69, 9.17) is 16.3 Å². The Morgan fingerprint density at radius 2 is 1.81 bits per heavy atom. The zero-order chi connectivity index (χ0) is 26.2. The molecule has 0 atom stereocenters. The van der Waals surface area contributed by atoms with Crippen LogP contribution < -0.4 is 9.64 Å². The summed E-state index contributed by atoms with van der Waals surface area (Å²) in [6, 6.07) is 12.8. The fraction of sp³-hybridized carbons (Fsp3) is 0.419. The number of aromatic nitrogens is 1. The van der Waals surface area contributed by atoms with Crippen LogP contribution in [0.2, 0.25) is 5.02 Å². The molecule has 6 rings (SSSR count). The molecule has 1 amide bonds. The summed E-state index contributed by atoms with van der Waals surface area (Å²) in [5, 5.41) is 0.289. The number of benzene rings is 2. The second kappa shape index (κ2) is 10.1. The molecule has 1 aromatic heterocycles. The van der Waals surface area contributed by atoms with Gasteiger partial charge in [-0.3, -0.25) is 9.78 Å². The molecule has 194 valence electrons. The summed E-state index contributed by atoms with van der Waals surface area (Å²) in [6.45, 7) is 4.67. The van der Waals surface area contributed by atoms with Crippen LogP contribution in [0.5, 0.6) is 5.75 Å². The number of carbonyl (C=O) groups is 1. The van der Waals surface area contributed by atoms with Crippen LogP contribution >= 0.6 is 11.6 Å². The maximum absolute atomic E-state index is 14.4. The van der Waals surface area contributed by atoms with Gasteiger partial charge in [0.15, 0.2) is 0 Å². The predicted molar refractivity (Wildman–Crippen MR) is 146 cm³/mol. The zero-order valence-electron chi connectivity index (χ0n) is 21.8. The van der Waals surface area contributed by atoms with Gasteiger partial charge in [0.05, 0.1) is 7.11 Å². The quantitative estimate of drug-likeness (QED) is 0.320. The Kier molecular flexibility index (Phi) is 7.01. The highest BCUT2D eigenvalue weighted by Crippen LogP contribution is 2.58. The number of rotatable bonds is 7. The lowest BCUT2D eigenvalue weighted by molar-refractivity contribution is 0.0441. The van der Waals surface area contributed by atoms with Crippen LogP contribution in [0.1, 0.15) is 72.5 Å². The second-order valence-corrected chi connectivity index (χ2v) is 11.3. The van der Waals surface area contributed by atoms with Crippen molar-refractivity contribution in [2.24, 2.45) is 5.41 Å². The third-order valence-corrected chi connectivity index (χ3v) is 9.04. The number of nitrogens with zero attached hydrogens (tertiary/aromatic N) is 2. The van der Waals surface area contributed by atoms with Crippen molar-refractivity contribution < 1.29 is 13.9 Å². The molecule has 0 aliphatic heterocycles. The van der Waals surface area contributed by atoms with Gasteiger partial charge in [0.2, 0.25) is 0 Å². The van der Waals surface area contributed by atoms with E-state index in [0.717, 1.165) is 49.8 Å². The topological polar surface area (TPSA) is 42.4 Å². The molecular weight excluding hydrogens is 487 g/mol. The summed E-state index contributed by atoms with van der Waals surface area (Å²) in [6.07, 6.45) is 10.4. The lowest BCUT2D eigenvalue weighted by Crippen LogP contribution is -2.50. The van der Waals surface area contributed by atoms with E-state index in [1.807, 2.05) is 6.92 Å². The molecule has 3 aliphatic rings. The van der Waals surface area contributed by atoms with Gasteiger partial charge in [-0.2, -0.15) is 0 Å². The number of hydrogen-bond acceptors (Lipinski definition) is 3. The van der Waals surface area contributed by atoms with Crippen molar-refractivity contribution in [3.63, 3.8) is 0 Å². The molecule has 6 heteroatoms. The summed E-state index contributed by atoms with van der Waals surface area (Å²) < 4.78 is 19.9. The molecule has 3 aromatic rings. The minimum absolute atomic E-state index is 0.00285. The van der Waals surface area contributed by atoms with E-state index < -0.39 is 5.82 Å². The monoisotopic (exact) mass is 520 g/mol. The first-order chi connectivity index (χ1) is 17.8. The van der Waals surface area contributed by atoms with Crippen molar-refractivity contribution in [3.05, 3.63) is 88.0 Å². The molecule has 3 saturated carbocycles. The summed E-state index contributed by atoms with van der Waals surface area (Å²) in [5.74, 6) is 0.361. The van der Waals surface area contributed by atoms with Gasteiger partial charge in [-0.15, -0.1) is 0 Å². The Morgan fingerprint density at radius 1 is 1.08 bits per heavy atom. The number of carbonyl (C=O) groups excluding carboxylic acids is 1. The number of anilines is 1. The summed E-state index contributed by atoms with van der Waals surface area (Å²) in [4.78, 5) is 20.0. The van der Waals surface area contributed by atoms with Crippen molar-refractivity contribution in [2.75, 3.05) is 18.6 Å². The summed E-state index contributed by atoms with van der Waals surface area (Å²) in [7, 11) is 1.71. The van der Waals surface area contributed by atoms with Crippen LogP contribution in [0.3, 0.4) is 0 Å². The molecular formula is C31H34ClFN2O2. The normalized spacial score (nSPS) is 22.6. The standard InChI is InChI=1S/C31H34ClFN2O2/c1-4-22-19-34-14-7-27(22)29(36)35(26-17-24(32)16-25(33)18-26)20-30-8-11-31(12-9-30,13-10-30)23-5-6-28(37-3)21(2)15-23/h5-7,14-19H,4,8-13,20H2,1-3H3. The van der Waals surface area contributed by atoms with Crippen LogP contribution in [0.25, 0.3) is 0 Å². The molecule has 2 aromatic carbocycles. The Hall–Kier alpha value is -2.92. The van der Waals surface area contributed by atoms with E-state index in [2.05, 4.69) is 30.1 Å². The predicted octanol–water partition coefficient (Wildman–Crippen LogP) is 7.69. The molecule has 0 spiro atoms. The maximum atomic E-state index is 14.4. The third kappa shape index (κ3) is 4.86. The highest BCUT2D eigenvalue weighted by Gasteiger charge is 2.50. The third-order valence-electron chi connectivity index (χ3n) is 8.82. The number of halogens is 2. The van der Waals surface area contributed by atoms with Crippen LogP contribution in [0.4, 0.5) is 10.1 Å². The summed E-state index contributed by atoms with van der Waals surface area (Å²) in [5.41, 5.74) is 4.75. The van der Waals surface area contributed by atoms with E-state index in [1.165, 1.54) is 23.3 Å². The largest absolute Gasteiger partial charge is 0.496 e. The fourth-order valence-electron chi connectivity index (χ4n) is 6.52. The smallest absolute Gasteiger partial charge is 0.258 e. The average Bonchev–Trinajstić information content (AvgIpc) is 2.92. The van der Waals surface area contributed by atoms with Gasteiger partial charge in [0, 0.05) is 35.2 Å². The second-order valence-electron chi connectivity index (χ2n) is 10.9. The minimum Gasteiger partial charge on any atom is -0.496 e. The first-order valence-electron chi connectivity index (χ1n) is 13.1. The Morgan fingerprint density at radius 3 is 2.43 bits per heavy atom. The van der Waals surface area contributed by atoms with E-state index in [9.17, 15) is 9.18 Å². The van der Waals surface area contributed by atoms with Gasteiger partial charge < -0.3 is 9.64 Å². The van der Waals surface area contributed by atoms with Crippen LogP contribution in [0, 0.1) is 18.2 Å². The van der Waals surface area contributed by atoms with Gasteiger partial charge in [-0.25, -0.2) is 4.39 Å². The lowest BCUT2D eigenvalue weighted by Gasteiger charge is -2.55. The van der Waals surface area contributed by atoms with E-state index in [1.54, 1.807) is 36.5 Å². The van der Waals surface area contributed by atoms with Crippen LogP contribution in [-0.2, 0) is 11.8 Å². The van der Waals surface area contributed by atoms with Gasteiger partial charge in [0.25, 0.3) is 5.91 Å². The molecule has 3 aliphatic carbocycles. The van der Waals surface area contributed by atoms with E-state index >= 15 is 0 Å². The average molecular weight is 521 g/mol. The van der Waals surface area contributed by atoms with Crippen LogP contribution in [0.15, 0.2) is 54.9 Å². The molecule has 1 heterocycles. The fourth-order valence-corrected chi connectivity index (χ4v) is 6.73. The van der Waals surface area contributed by atoms with E-state index in [-0.39, 0.29) is 21.8 Å². The number of ether oxygens (including phenoxy) is 1.